The van der Waals surface area contributed by atoms with Crippen LogP contribution in [0.15, 0.2) is 0 Å². The maximum Gasteiger partial charge on any atom is 0.300 e. The first-order valence-corrected chi connectivity index (χ1v) is 7.62. The van der Waals surface area contributed by atoms with E-state index < -0.39 is 5.50 Å². The SMILES string of the molecule is CC(C)CC(C)OC(=O)[B]C(C)(C)OCCC(C)(C)C. The smallest absolute Gasteiger partial charge is 0.300 e. The molecule has 0 saturated carbocycles. The molecule has 0 spiro atoms. The molecule has 0 aliphatic rings. The van der Waals surface area contributed by atoms with Gasteiger partial charge in [-0.2, -0.15) is 0 Å². The zero-order chi connectivity index (χ0) is 16.0. The van der Waals surface area contributed by atoms with Crippen molar-refractivity contribution in [3.63, 3.8) is 0 Å². The molecule has 4 heteroatoms. The normalized spacial score (nSPS) is 14.2. The number of ether oxygens (including phenoxy) is 2. The van der Waals surface area contributed by atoms with Crippen molar-refractivity contribution in [2.75, 3.05) is 6.61 Å². The Labute approximate surface area is 126 Å². The summed E-state index contributed by atoms with van der Waals surface area (Å²) in [5.74, 6) is 0.229. The van der Waals surface area contributed by atoms with Crippen LogP contribution in [0.1, 0.15) is 68.2 Å². The van der Waals surface area contributed by atoms with Crippen molar-refractivity contribution in [2.24, 2.45) is 11.3 Å². The molecule has 3 nitrogen and oxygen atoms in total. The zero-order valence-electron chi connectivity index (χ0n) is 14.6. The fraction of sp³-hybridized carbons (Fsp3) is 0.938. The molecule has 0 fully saturated rings. The van der Waals surface area contributed by atoms with E-state index >= 15 is 0 Å². The van der Waals surface area contributed by atoms with Gasteiger partial charge in [-0.3, -0.25) is 4.79 Å². The fourth-order valence-corrected chi connectivity index (χ4v) is 1.89. The van der Waals surface area contributed by atoms with Crippen LogP contribution in [0, 0.1) is 11.3 Å². The van der Waals surface area contributed by atoms with Gasteiger partial charge in [0.2, 0.25) is 5.87 Å². The van der Waals surface area contributed by atoms with E-state index in [1.165, 1.54) is 7.28 Å². The van der Waals surface area contributed by atoms with E-state index in [0.29, 0.717) is 12.5 Å². The third kappa shape index (κ3) is 11.3. The van der Waals surface area contributed by atoms with E-state index in [-0.39, 0.29) is 17.4 Å². The number of carbonyl (C=O) groups is 1. The van der Waals surface area contributed by atoms with Gasteiger partial charge in [0.1, 0.15) is 0 Å². The maximum atomic E-state index is 11.9. The number of hydrogen-bond donors (Lipinski definition) is 0. The molecule has 0 aromatic carbocycles. The Kier molecular flexibility index (Phi) is 7.86. The quantitative estimate of drug-likeness (QED) is 0.617. The average molecular weight is 283 g/mol. The van der Waals surface area contributed by atoms with Crippen LogP contribution in [0.2, 0.25) is 0 Å². The highest BCUT2D eigenvalue weighted by Crippen LogP contribution is 2.20. The Morgan fingerprint density at radius 3 is 2.10 bits per heavy atom. The third-order valence-corrected chi connectivity index (χ3v) is 2.91. The Morgan fingerprint density at radius 1 is 1.10 bits per heavy atom. The van der Waals surface area contributed by atoms with Crippen molar-refractivity contribution in [1.29, 1.82) is 0 Å². The molecule has 0 aliphatic heterocycles. The second-order valence-electron chi connectivity index (χ2n) is 7.78. The summed E-state index contributed by atoms with van der Waals surface area (Å²) in [4.78, 5) is 11.9. The summed E-state index contributed by atoms with van der Waals surface area (Å²) >= 11 is 0. The Balaban J connectivity index is 4.09. The van der Waals surface area contributed by atoms with Crippen LogP contribution in [0.3, 0.4) is 0 Å². The zero-order valence-corrected chi connectivity index (χ0v) is 14.6. The summed E-state index contributed by atoms with van der Waals surface area (Å²) in [6.45, 7) is 17.1. The Morgan fingerprint density at radius 2 is 1.65 bits per heavy atom. The highest BCUT2D eigenvalue weighted by Gasteiger charge is 2.28. The lowest BCUT2D eigenvalue weighted by atomic mass is 9.62. The monoisotopic (exact) mass is 283 g/mol. The number of hydrogen-bond acceptors (Lipinski definition) is 3. The predicted molar refractivity (Wildman–Crippen MR) is 85.3 cm³/mol. The van der Waals surface area contributed by atoms with Gasteiger partial charge in [-0.05, 0) is 44.9 Å². The van der Waals surface area contributed by atoms with E-state index in [2.05, 4.69) is 34.6 Å². The number of rotatable bonds is 8. The minimum absolute atomic E-state index is 0.0517. The summed E-state index contributed by atoms with van der Waals surface area (Å²) in [7, 11) is 1.53. The van der Waals surface area contributed by atoms with Crippen molar-refractivity contribution in [3.8, 4) is 0 Å². The molecule has 0 aliphatic carbocycles. The van der Waals surface area contributed by atoms with E-state index in [4.69, 9.17) is 9.47 Å². The molecule has 0 heterocycles. The average Bonchev–Trinajstić information content (AvgIpc) is 2.10. The third-order valence-electron chi connectivity index (χ3n) is 2.91. The van der Waals surface area contributed by atoms with Gasteiger partial charge in [0.05, 0.1) is 6.10 Å². The number of carbonyl (C=O) groups excluding carboxylic acids is 1. The van der Waals surface area contributed by atoms with Crippen LogP contribution in [0.5, 0.6) is 0 Å². The minimum atomic E-state index is -0.583. The standard InChI is InChI=1S/C16H32BO3/c1-12(2)11-13(3)20-14(18)17-16(7,8)19-10-9-15(4,5)6/h12-13H,9-11H2,1-8H3. The maximum absolute atomic E-state index is 11.9. The second kappa shape index (κ2) is 8.06. The lowest BCUT2D eigenvalue weighted by Crippen LogP contribution is -2.39. The van der Waals surface area contributed by atoms with Crippen LogP contribution in [-0.2, 0) is 9.47 Å². The highest BCUT2D eigenvalue weighted by atomic mass is 16.5. The molecule has 117 valence electrons. The predicted octanol–water partition coefficient (Wildman–Crippen LogP) is 4.45. The summed E-state index contributed by atoms with van der Waals surface area (Å²) in [6.07, 6.45) is 1.79. The molecule has 1 radical (unpaired) electrons. The summed E-state index contributed by atoms with van der Waals surface area (Å²) in [6, 6.07) is 0. The lowest BCUT2D eigenvalue weighted by Gasteiger charge is -2.27. The van der Waals surface area contributed by atoms with Gasteiger partial charge in [0, 0.05) is 12.1 Å². The van der Waals surface area contributed by atoms with Gasteiger partial charge >= 0.3 is 7.28 Å². The van der Waals surface area contributed by atoms with Crippen molar-refractivity contribution in [3.05, 3.63) is 0 Å². The molecule has 0 amide bonds. The van der Waals surface area contributed by atoms with E-state index in [0.717, 1.165) is 12.8 Å². The Hall–Kier alpha value is -0.505. The molecule has 0 saturated heterocycles. The Bertz CT molecular complexity index is 293. The largest absolute Gasteiger partial charge is 0.471 e. The van der Waals surface area contributed by atoms with Crippen molar-refractivity contribution < 1.29 is 14.3 Å². The molecular formula is C16H32BO3. The molecule has 0 rings (SSSR count). The topological polar surface area (TPSA) is 35.5 Å². The summed E-state index contributed by atoms with van der Waals surface area (Å²) in [5, 5.41) is 0. The molecule has 1 unspecified atom stereocenters. The summed E-state index contributed by atoms with van der Waals surface area (Å²) in [5.41, 5.74) is -0.345. The summed E-state index contributed by atoms with van der Waals surface area (Å²) < 4.78 is 11.2. The molecule has 0 bridgehead atoms. The van der Waals surface area contributed by atoms with Crippen molar-refractivity contribution in [1.82, 2.24) is 0 Å². The van der Waals surface area contributed by atoms with Gasteiger partial charge in [-0.1, -0.05) is 34.6 Å². The highest BCUT2D eigenvalue weighted by molar-refractivity contribution is 6.74. The van der Waals surface area contributed by atoms with Crippen LogP contribution in [0.4, 0.5) is 4.79 Å². The lowest BCUT2D eigenvalue weighted by molar-refractivity contribution is 0.0268. The van der Waals surface area contributed by atoms with Crippen molar-refractivity contribution in [2.45, 2.75) is 79.8 Å². The van der Waals surface area contributed by atoms with Crippen LogP contribution in [-0.4, -0.2) is 31.4 Å². The minimum Gasteiger partial charge on any atom is -0.471 e. The van der Waals surface area contributed by atoms with Gasteiger partial charge in [-0.25, -0.2) is 0 Å². The first-order chi connectivity index (χ1) is 8.91. The molecule has 0 aromatic heterocycles. The first kappa shape index (κ1) is 19.5. The molecular weight excluding hydrogens is 251 g/mol. The fourth-order valence-electron chi connectivity index (χ4n) is 1.89. The molecule has 20 heavy (non-hydrogen) atoms. The van der Waals surface area contributed by atoms with Gasteiger partial charge in [0.15, 0.2) is 0 Å². The van der Waals surface area contributed by atoms with Crippen LogP contribution < -0.4 is 0 Å². The van der Waals surface area contributed by atoms with Gasteiger partial charge < -0.3 is 9.47 Å². The van der Waals surface area contributed by atoms with E-state index in [1.54, 1.807) is 0 Å². The molecule has 0 aromatic rings. The van der Waals surface area contributed by atoms with Crippen molar-refractivity contribution >= 4 is 13.1 Å². The van der Waals surface area contributed by atoms with Gasteiger partial charge in [-0.15, -0.1) is 0 Å². The second-order valence-corrected chi connectivity index (χ2v) is 7.78. The van der Waals surface area contributed by atoms with Crippen LogP contribution >= 0.6 is 0 Å². The van der Waals surface area contributed by atoms with Crippen LogP contribution in [0.25, 0.3) is 0 Å². The van der Waals surface area contributed by atoms with Gasteiger partial charge in [0.25, 0.3) is 0 Å². The van der Waals surface area contributed by atoms with E-state index in [9.17, 15) is 4.79 Å². The molecule has 1 atom stereocenters. The molecule has 0 N–H and O–H groups in total. The first-order valence-electron chi connectivity index (χ1n) is 7.62. The van der Waals surface area contributed by atoms with E-state index in [1.807, 2.05) is 20.8 Å².